The lowest BCUT2D eigenvalue weighted by Crippen LogP contribution is -2.61. The molecule has 0 rings (SSSR count). The molecule has 0 aliphatic carbocycles. The molecular weight excluding hydrogens is 899 g/mol. The first-order valence-corrected chi connectivity index (χ1v) is 37.5. The number of carbonyl (C=O) groups is 1. The first-order chi connectivity index (χ1) is 28.0. The van der Waals surface area contributed by atoms with Gasteiger partial charge in [-0.3, -0.25) is 4.79 Å². The van der Waals surface area contributed by atoms with Gasteiger partial charge in [-0.2, -0.15) is 0 Å². The molecule has 24 heteroatoms. The molecule has 0 aliphatic heterocycles. The highest BCUT2D eigenvalue weighted by molar-refractivity contribution is 6.81. The summed E-state index contributed by atoms with van der Waals surface area (Å²) in [5, 5.41) is 2.71. The van der Waals surface area contributed by atoms with Crippen molar-refractivity contribution in [2.45, 2.75) is 159 Å². The van der Waals surface area contributed by atoms with E-state index < -0.39 is 62.3 Å². The summed E-state index contributed by atoms with van der Waals surface area (Å²) in [6, 6.07) is 0.705. The van der Waals surface area contributed by atoms with Crippen molar-refractivity contribution in [3.8, 4) is 0 Å². The van der Waals surface area contributed by atoms with E-state index in [-0.39, 0.29) is 5.91 Å². The van der Waals surface area contributed by atoms with Gasteiger partial charge in [0.15, 0.2) is 0 Å². The van der Waals surface area contributed by atoms with Crippen LogP contribution in [0.15, 0.2) is 0 Å². The van der Waals surface area contributed by atoms with Gasteiger partial charge in [0.05, 0.1) is 0 Å². The van der Waals surface area contributed by atoms with E-state index in [0.29, 0.717) is 45.6 Å². The SMILES string of the molecule is CCCO[SiH](C)OCCC.CCCO[SiH](C)O[Si](C)(OCCC)O[Si](C)(OCCC)O[Si](C)(O)OCCC.CCCO[Si](C)(C)O.CO[Si](CCCNC(C)=O)(OC)OC. The minimum absolute atomic E-state index is 0.0236. The molecule has 60 heavy (non-hydrogen) atoms. The van der Waals surface area contributed by atoms with E-state index in [2.05, 4.69) is 32.6 Å². The van der Waals surface area contributed by atoms with Crippen molar-refractivity contribution < 1.29 is 71.0 Å². The van der Waals surface area contributed by atoms with Gasteiger partial charge in [0.1, 0.15) is 0 Å². The van der Waals surface area contributed by atoms with Gasteiger partial charge in [0.25, 0.3) is 0 Å². The molecule has 0 spiro atoms. The molecule has 0 bridgehead atoms. The molecule has 366 valence electrons. The Morgan fingerprint density at radius 2 is 0.933 bits per heavy atom. The van der Waals surface area contributed by atoms with E-state index in [1.54, 1.807) is 47.5 Å². The number of rotatable bonds is 34. The third kappa shape index (κ3) is 43.6. The quantitative estimate of drug-likeness (QED) is 0.0469. The average molecular weight is 993 g/mol. The van der Waals surface area contributed by atoms with Gasteiger partial charge in [-0.15, -0.1) is 0 Å². The second kappa shape index (κ2) is 40.9. The summed E-state index contributed by atoms with van der Waals surface area (Å²) in [5.41, 5.74) is 0. The Morgan fingerprint density at radius 3 is 1.30 bits per heavy atom. The highest BCUT2D eigenvalue weighted by atomic mass is 28.5. The number of amides is 1. The number of hydrogen-bond donors (Lipinski definition) is 3. The topological polar surface area (TPSA) is 190 Å². The summed E-state index contributed by atoms with van der Waals surface area (Å²) in [6.45, 7) is 33.6. The normalized spacial score (nSPS) is 15.2. The molecule has 4 atom stereocenters. The minimum Gasteiger partial charge on any atom is -0.411 e. The molecule has 0 heterocycles. The van der Waals surface area contributed by atoms with E-state index in [4.69, 9.17) is 61.4 Å². The van der Waals surface area contributed by atoms with Crippen molar-refractivity contribution in [1.29, 1.82) is 0 Å². The van der Waals surface area contributed by atoms with E-state index in [1.807, 2.05) is 40.8 Å². The molecule has 0 saturated heterocycles. The van der Waals surface area contributed by atoms with Gasteiger partial charge in [0.2, 0.25) is 5.91 Å². The van der Waals surface area contributed by atoms with Gasteiger partial charge in [-0.05, 0) is 77.6 Å². The van der Waals surface area contributed by atoms with Crippen molar-refractivity contribution in [2.24, 2.45) is 0 Å². The minimum atomic E-state index is -3.40. The summed E-state index contributed by atoms with van der Waals surface area (Å²) in [7, 11) is -12.8. The smallest absolute Gasteiger partial charge is 0.411 e. The molecule has 1 amide bonds. The maximum Gasteiger partial charge on any atom is 0.500 e. The van der Waals surface area contributed by atoms with Gasteiger partial charge >= 0.3 is 62.3 Å². The fraction of sp³-hybridized carbons (Fsp3) is 0.972. The molecule has 0 aromatic rings. The fourth-order valence-electron chi connectivity index (χ4n) is 4.46. The number of carbonyl (C=O) groups excluding carboxylic acids is 1. The zero-order valence-corrected chi connectivity index (χ0v) is 48.6. The molecule has 0 aliphatic rings. The first kappa shape index (κ1) is 67.0. The predicted octanol–water partition coefficient (Wildman–Crippen LogP) is 6.48. The summed E-state index contributed by atoms with van der Waals surface area (Å²) >= 11 is 0. The maximum absolute atomic E-state index is 10.6. The molecule has 17 nitrogen and oxygen atoms in total. The van der Waals surface area contributed by atoms with Crippen LogP contribution in [0.4, 0.5) is 0 Å². The van der Waals surface area contributed by atoms with Gasteiger partial charge in [-0.25, -0.2) is 0 Å². The molecular formula is C36H93NO16Si7. The first-order valence-electron chi connectivity index (χ1n) is 21.9. The largest absolute Gasteiger partial charge is 0.500 e. The van der Waals surface area contributed by atoms with E-state index in [1.165, 1.54) is 6.92 Å². The second-order valence-corrected chi connectivity index (χ2v) is 32.6. The van der Waals surface area contributed by atoms with Crippen molar-refractivity contribution in [1.82, 2.24) is 5.32 Å². The van der Waals surface area contributed by atoms with Crippen LogP contribution in [0.25, 0.3) is 0 Å². The van der Waals surface area contributed by atoms with Crippen LogP contribution in [0.1, 0.15) is 107 Å². The summed E-state index contributed by atoms with van der Waals surface area (Å²) in [4.78, 5) is 30.3. The van der Waals surface area contributed by atoms with Crippen molar-refractivity contribution >= 4 is 68.3 Å². The Labute approximate surface area is 375 Å². The highest BCUT2D eigenvalue weighted by Gasteiger charge is 2.53. The van der Waals surface area contributed by atoms with Crippen LogP contribution in [0.5, 0.6) is 0 Å². The Bertz CT molecular complexity index is 949. The number of nitrogens with one attached hydrogen (secondary N) is 1. The zero-order valence-electron chi connectivity index (χ0n) is 41.3. The summed E-state index contributed by atoms with van der Waals surface area (Å²) < 4.78 is 73.4. The fourth-order valence-corrected chi connectivity index (χ4v) is 20.9. The van der Waals surface area contributed by atoms with E-state index >= 15 is 0 Å². The molecule has 0 aromatic heterocycles. The zero-order chi connectivity index (χ0) is 47.2. The van der Waals surface area contributed by atoms with Crippen LogP contribution in [-0.4, -0.2) is 152 Å². The molecule has 0 saturated carbocycles. The van der Waals surface area contributed by atoms with Crippen molar-refractivity contribution in [3.63, 3.8) is 0 Å². The van der Waals surface area contributed by atoms with Crippen LogP contribution >= 0.6 is 0 Å². The molecule has 3 N–H and O–H groups in total. The standard InChI is InChI=1S/C16H42O8Si4.C8H19NO4Si.C7H18O2Si.C5H14O2Si/c1-9-13-18-25(5)22-27(7,20-15-11-3)24-28(8,21-16-12-4)23-26(6,17)19-14-10-2;1-8(10)9-6-5-7-14(11-2,12-3)13-4;1-4-6-8-10(3)9-7-5-2;1-4-5-7-8(2,3)6/h17,25H,9-16H2,1-8H3;5-7H2,1-4H3,(H,9,10);10H,4-7H2,1-3H3;6H,4-5H2,1-3H3. The Hall–Kier alpha value is 0.388. The maximum atomic E-state index is 10.6. The van der Waals surface area contributed by atoms with Crippen LogP contribution < -0.4 is 5.32 Å². The van der Waals surface area contributed by atoms with Crippen LogP contribution in [0.3, 0.4) is 0 Å². The molecule has 0 aromatic carbocycles. The monoisotopic (exact) mass is 991 g/mol. The van der Waals surface area contributed by atoms with Gasteiger partial charge < -0.3 is 71.5 Å². The van der Waals surface area contributed by atoms with E-state index in [0.717, 1.165) is 64.6 Å². The molecule has 4 unspecified atom stereocenters. The third-order valence-electron chi connectivity index (χ3n) is 7.13. The summed E-state index contributed by atoms with van der Waals surface area (Å²) in [6.07, 6.45) is 7.30. The van der Waals surface area contributed by atoms with Crippen molar-refractivity contribution in [3.05, 3.63) is 0 Å². The lowest BCUT2D eigenvalue weighted by Gasteiger charge is -2.38. The lowest BCUT2D eigenvalue weighted by atomic mass is 10.5. The van der Waals surface area contributed by atoms with E-state index in [9.17, 15) is 9.59 Å². The predicted molar refractivity (Wildman–Crippen MR) is 255 cm³/mol. The highest BCUT2D eigenvalue weighted by Crippen LogP contribution is 2.24. The number of hydrogen-bond acceptors (Lipinski definition) is 16. The Morgan fingerprint density at radius 1 is 0.550 bits per heavy atom. The average Bonchev–Trinajstić information content (AvgIpc) is 3.18. The van der Waals surface area contributed by atoms with Gasteiger partial charge in [-0.1, -0.05) is 48.5 Å². The Balaban J connectivity index is -0.000000403. The van der Waals surface area contributed by atoms with Crippen LogP contribution in [0.2, 0.25) is 51.9 Å². The molecule has 0 fully saturated rings. The second-order valence-electron chi connectivity index (χ2n) is 14.4. The molecule has 0 radical (unpaired) electrons. The summed E-state index contributed by atoms with van der Waals surface area (Å²) in [5.74, 6) is -0.0236. The third-order valence-corrected chi connectivity index (χ3v) is 24.2. The van der Waals surface area contributed by atoms with Crippen LogP contribution in [-0.2, 0) is 61.4 Å². The van der Waals surface area contributed by atoms with Crippen LogP contribution in [0, 0.1) is 0 Å². The van der Waals surface area contributed by atoms with Crippen molar-refractivity contribution in [2.75, 3.05) is 74.1 Å². The Kier molecular flexibility index (Phi) is 45.6. The lowest BCUT2D eigenvalue weighted by molar-refractivity contribution is -0.118. The van der Waals surface area contributed by atoms with Gasteiger partial charge in [0, 0.05) is 107 Å².